The second-order valence-corrected chi connectivity index (χ2v) is 10.7. The first-order valence-corrected chi connectivity index (χ1v) is 13.3. The molecule has 2 bridgehead atoms. The zero-order valence-corrected chi connectivity index (χ0v) is 23.0. The molecule has 216 valence electrons. The Kier molecular flexibility index (Phi) is 9.15. The van der Waals surface area contributed by atoms with Crippen LogP contribution in [0.4, 0.5) is 8.78 Å². The van der Waals surface area contributed by atoms with Gasteiger partial charge in [0.25, 0.3) is 11.8 Å². The van der Waals surface area contributed by atoms with Crippen LogP contribution in [0, 0.1) is 18.6 Å². The number of carbonyl (C=O) groups is 3. The number of amides is 2. The van der Waals surface area contributed by atoms with Crippen molar-refractivity contribution in [3.63, 3.8) is 0 Å². The highest BCUT2D eigenvalue weighted by atomic mass is 35.5. The number of esters is 1. The van der Waals surface area contributed by atoms with Crippen molar-refractivity contribution in [1.82, 2.24) is 16.0 Å². The Morgan fingerprint density at radius 2 is 1.52 bits per heavy atom. The van der Waals surface area contributed by atoms with Gasteiger partial charge in [-0.1, -0.05) is 17.7 Å². The van der Waals surface area contributed by atoms with E-state index < -0.39 is 46.6 Å². The number of hydrogen-bond donors (Lipinski definition) is 3. The molecule has 1 atom stereocenters. The van der Waals surface area contributed by atoms with Crippen molar-refractivity contribution in [1.29, 1.82) is 0 Å². The number of fused-ring (bicyclic) bond motifs is 3. The minimum absolute atomic E-state index is 0.0204. The molecular weight excluding hydrogens is 548 g/mol. The monoisotopic (exact) mass is 579 g/mol. The van der Waals surface area contributed by atoms with E-state index in [4.69, 9.17) is 25.8 Å². The number of halogens is 3. The minimum atomic E-state index is -0.841. The van der Waals surface area contributed by atoms with Crippen LogP contribution in [0.5, 0.6) is 11.5 Å². The third-order valence-electron chi connectivity index (χ3n) is 7.45. The Labute approximate surface area is 235 Å². The SMILES string of the molecule is CNCC(=O)O[C@@H]1CC2(NC(=O)COc3ccc(Cl)c(F)c3)CCC1(NC(=O)COc1ccc(C)c(F)c1)CC2. The molecule has 2 aromatic rings. The molecular formula is C28H32ClF2N3O6. The molecule has 3 saturated carbocycles. The zero-order chi connectivity index (χ0) is 28.9. The summed E-state index contributed by atoms with van der Waals surface area (Å²) < 4.78 is 44.2. The van der Waals surface area contributed by atoms with E-state index in [1.807, 2.05) is 0 Å². The van der Waals surface area contributed by atoms with Crippen molar-refractivity contribution in [2.45, 2.75) is 56.2 Å². The Hall–Kier alpha value is -3.44. The fourth-order valence-electron chi connectivity index (χ4n) is 5.31. The van der Waals surface area contributed by atoms with Gasteiger partial charge in [-0.25, -0.2) is 8.78 Å². The number of likely N-dealkylation sites (N-methyl/N-ethyl adjacent to an activating group) is 1. The van der Waals surface area contributed by atoms with Crippen molar-refractivity contribution in [3.05, 3.63) is 58.6 Å². The van der Waals surface area contributed by atoms with Gasteiger partial charge in [0.1, 0.15) is 29.2 Å². The second kappa shape index (κ2) is 12.4. The molecule has 9 nitrogen and oxygen atoms in total. The van der Waals surface area contributed by atoms with Crippen molar-refractivity contribution in [3.8, 4) is 11.5 Å². The highest BCUT2D eigenvalue weighted by Gasteiger charge is 2.57. The first-order chi connectivity index (χ1) is 19.0. The Bertz CT molecular complexity index is 1270. The molecule has 3 aliphatic carbocycles. The number of rotatable bonds is 11. The lowest BCUT2D eigenvalue weighted by atomic mass is 9.59. The fraction of sp³-hybridized carbons (Fsp3) is 0.464. The van der Waals surface area contributed by atoms with Crippen LogP contribution in [-0.2, 0) is 19.1 Å². The van der Waals surface area contributed by atoms with Gasteiger partial charge in [0, 0.05) is 24.1 Å². The van der Waals surface area contributed by atoms with Crippen molar-refractivity contribution in [2.75, 3.05) is 26.8 Å². The number of nitrogens with one attached hydrogen (secondary N) is 3. The van der Waals surface area contributed by atoms with Gasteiger partial charge in [-0.2, -0.15) is 0 Å². The topological polar surface area (TPSA) is 115 Å². The third kappa shape index (κ3) is 7.00. The molecule has 2 amide bonds. The standard InChI is InChI=1S/C28H32ClF2N3O6/c1-17-3-4-18(11-21(17)30)39-16-25(36)34-28-9-7-27(8-10-28,13-23(28)40-26(37)14-32-2)33-24(35)15-38-19-5-6-20(29)22(31)12-19/h3-6,11-12,23,32H,7-10,13-16H2,1-2H3,(H,33,35)(H,34,36)/t23-,27?,28?/m1/s1. The number of aryl methyl sites for hydroxylation is 1. The molecule has 0 unspecified atom stereocenters. The summed E-state index contributed by atoms with van der Waals surface area (Å²) in [6.45, 7) is 0.925. The van der Waals surface area contributed by atoms with E-state index in [1.165, 1.54) is 18.2 Å². The summed E-state index contributed by atoms with van der Waals surface area (Å²) in [6.07, 6.45) is 1.52. The van der Waals surface area contributed by atoms with Gasteiger partial charge in [0.15, 0.2) is 13.2 Å². The second-order valence-electron chi connectivity index (χ2n) is 10.3. The highest BCUT2D eigenvalue weighted by Crippen LogP contribution is 2.48. The molecule has 0 spiro atoms. The van der Waals surface area contributed by atoms with Gasteiger partial charge in [-0.15, -0.1) is 0 Å². The molecule has 5 rings (SSSR count). The average Bonchev–Trinajstić information content (AvgIpc) is 2.91. The van der Waals surface area contributed by atoms with Gasteiger partial charge < -0.3 is 30.2 Å². The maximum atomic E-state index is 13.8. The lowest BCUT2D eigenvalue weighted by Gasteiger charge is -2.57. The largest absolute Gasteiger partial charge is 0.484 e. The number of benzene rings is 2. The molecule has 3 N–H and O–H groups in total. The van der Waals surface area contributed by atoms with Gasteiger partial charge >= 0.3 is 5.97 Å². The summed E-state index contributed by atoms with van der Waals surface area (Å²) in [5.41, 5.74) is -1.04. The normalized spacial score (nSPS) is 23.3. The maximum Gasteiger partial charge on any atom is 0.320 e. The van der Waals surface area contributed by atoms with Crippen LogP contribution in [0.2, 0.25) is 5.02 Å². The summed E-state index contributed by atoms with van der Waals surface area (Å²) in [7, 11) is 1.62. The van der Waals surface area contributed by atoms with Crippen LogP contribution in [0.15, 0.2) is 36.4 Å². The van der Waals surface area contributed by atoms with Gasteiger partial charge in [0.05, 0.1) is 17.1 Å². The van der Waals surface area contributed by atoms with E-state index >= 15 is 0 Å². The summed E-state index contributed by atoms with van der Waals surface area (Å²) in [5, 5.41) is 8.71. The maximum absolute atomic E-state index is 13.8. The third-order valence-corrected chi connectivity index (χ3v) is 7.76. The Morgan fingerprint density at radius 1 is 0.925 bits per heavy atom. The summed E-state index contributed by atoms with van der Waals surface area (Å²) >= 11 is 5.69. The number of hydrogen-bond acceptors (Lipinski definition) is 7. The number of ether oxygens (including phenoxy) is 3. The van der Waals surface area contributed by atoms with E-state index in [0.717, 1.165) is 6.07 Å². The van der Waals surface area contributed by atoms with Gasteiger partial charge in [0.2, 0.25) is 0 Å². The lowest BCUT2D eigenvalue weighted by molar-refractivity contribution is -0.165. The summed E-state index contributed by atoms with van der Waals surface area (Å²) in [6, 6.07) is 8.26. The fourth-order valence-corrected chi connectivity index (χ4v) is 5.42. The predicted octanol–water partition coefficient (Wildman–Crippen LogP) is 3.20. The van der Waals surface area contributed by atoms with Crippen LogP contribution in [0.25, 0.3) is 0 Å². The van der Waals surface area contributed by atoms with E-state index in [1.54, 1.807) is 26.1 Å². The minimum Gasteiger partial charge on any atom is -0.484 e. The molecule has 12 heteroatoms. The molecule has 3 aliphatic rings. The number of carbonyl (C=O) groups excluding carboxylic acids is 3. The van der Waals surface area contributed by atoms with Crippen LogP contribution in [-0.4, -0.2) is 61.8 Å². The van der Waals surface area contributed by atoms with E-state index in [-0.39, 0.29) is 42.7 Å². The molecule has 0 heterocycles. The molecule has 0 aliphatic heterocycles. The summed E-state index contributed by atoms with van der Waals surface area (Å²) in [5.74, 6) is -2.03. The average molecular weight is 580 g/mol. The Morgan fingerprint density at radius 3 is 2.12 bits per heavy atom. The summed E-state index contributed by atoms with van der Waals surface area (Å²) in [4.78, 5) is 38.1. The molecule has 0 saturated heterocycles. The molecule has 0 radical (unpaired) electrons. The lowest BCUT2D eigenvalue weighted by Crippen LogP contribution is -2.71. The van der Waals surface area contributed by atoms with Crippen LogP contribution < -0.4 is 25.4 Å². The van der Waals surface area contributed by atoms with Gasteiger partial charge in [-0.3, -0.25) is 14.4 Å². The molecule has 40 heavy (non-hydrogen) atoms. The van der Waals surface area contributed by atoms with Crippen molar-refractivity contribution >= 4 is 29.4 Å². The van der Waals surface area contributed by atoms with Crippen molar-refractivity contribution in [2.24, 2.45) is 0 Å². The first-order valence-electron chi connectivity index (χ1n) is 13.0. The van der Waals surface area contributed by atoms with Gasteiger partial charge in [-0.05, 0) is 63.4 Å². The van der Waals surface area contributed by atoms with Crippen LogP contribution >= 0.6 is 11.6 Å². The zero-order valence-electron chi connectivity index (χ0n) is 22.3. The van der Waals surface area contributed by atoms with E-state index in [9.17, 15) is 23.2 Å². The molecule has 2 aromatic carbocycles. The van der Waals surface area contributed by atoms with Crippen LogP contribution in [0.3, 0.4) is 0 Å². The van der Waals surface area contributed by atoms with E-state index in [0.29, 0.717) is 31.2 Å². The van der Waals surface area contributed by atoms with Crippen molar-refractivity contribution < 1.29 is 37.4 Å². The molecule has 3 fully saturated rings. The predicted molar refractivity (Wildman–Crippen MR) is 142 cm³/mol. The first kappa shape index (κ1) is 29.5. The van der Waals surface area contributed by atoms with Crippen LogP contribution in [0.1, 0.15) is 37.7 Å². The smallest absolute Gasteiger partial charge is 0.320 e. The highest BCUT2D eigenvalue weighted by molar-refractivity contribution is 6.30. The van der Waals surface area contributed by atoms with E-state index in [2.05, 4.69) is 16.0 Å². The quantitative estimate of drug-likeness (QED) is 0.350. The Balaban J connectivity index is 1.39. The molecule has 0 aromatic heterocycles.